The molecule has 112 valence electrons. The average Bonchev–Trinajstić information content (AvgIpc) is 2.42. The molecule has 5 nitrogen and oxygen atoms in total. The highest BCUT2D eigenvalue weighted by Crippen LogP contribution is 2.16. The number of para-hydroxylation sites is 1. The second-order valence-corrected chi connectivity index (χ2v) is 6.54. The fraction of sp³-hybridized carbons (Fsp3) is 0.500. The summed E-state index contributed by atoms with van der Waals surface area (Å²) in [6.07, 6.45) is 3.83. The van der Waals surface area contributed by atoms with Gasteiger partial charge in [-0.2, -0.15) is 0 Å². The second kappa shape index (κ2) is 8.01. The summed E-state index contributed by atoms with van der Waals surface area (Å²) in [5.74, 6) is 0. The first-order valence-corrected chi connectivity index (χ1v) is 8.58. The van der Waals surface area contributed by atoms with E-state index in [0.717, 1.165) is 37.6 Å². The van der Waals surface area contributed by atoms with Crippen LogP contribution in [-0.4, -0.2) is 40.1 Å². The third-order valence-corrected chi connectivity index (χ3v) is 3.64. The lowest BCUT2D eigenvalue weighted by Gasteiger charge is -2.30. The summed E-state index contributed by atoms with van der Waals surface area (Å²) in [5, 5.41) is 0. The molecular formula is C14H22N2O3S. The van der Waals surface area contributed by atoms with Crippen LogP contribution >= 0.6 is 0 Å². The maximum atomic E-state index is 11.3. The molecule has 0 aromatic heterocycles. The van der Waals surface area contributed by atoms with Gasteiger partial charge in [0, 0.05) is 18.8 Å². The Morgan fingerprint density at radius 3 is 2.45 bits per heavy atom. The molecule has 1 N–H and O–H groups in total. The lowest BCUT2D eigenvalue weighted by atomic mass is 10.2. The fourth-order valence-corrected chi connectivity index (χ4v) is 2.38. The fourth-order valence-electron chi connectivity index (χ4n) is 1.90. The summed E-state index contributed by atoms with van der Waals surface area (Å²) in [6, 6.07) is 9.06. The molecule has 0 fully saturated rings. The molecule has 0 aliphatic rings. The van der Waals surface area contributed by atoms with Crippen molar-refractivity contribution in [3.05, 3.63) is 30.3 Å². The average molecular weight is 298 g/mol. The van der Waals surface area contributed by atoms with Crippen LogP contribution in [0.15, 0.2) is 30.3 Å². The summed E-state index contributed by atoms with van der Waals surface area (Å²) < 4.78 is 24.8. The standard InChI is InChI=1S/C14H22N2O3S/c1-3-4-10-16(13-8-6-5-7-9-13)14(12-17)11-15-20(2,18)19/h5-9,12,14-15H,3-4,10-11H2,1-2H3. The Morgan fingerprint density at radius 1 is 1.30 bits per heavy atom. The first-order chi connectivity index (χ1) is 9.48. The summed E-state index contributed by atoms with van der Waals surface area (Å²) in [4.78, 5) is 13.3. The molecule has 1 atom stereocenters. The molecule has 0 bridgehead atoms. The van der Waals surface area contributed by atoms with Crippen LogP contribution in [0, 0.1) is 0 Å². The van der Waals surface area contributed by atoms with Crippen LogP contribution in [0.5, 0.6) is 0 Å². The molecule has 0 radical (unpaired) electrons. The Bertz CT molecular complexity index is 502. The zero-order chi connectivity index (χ0) is 15.0. The monoisotopic (exact) mass is 298 g/mol. The van der Waals surface area contributed by atoms with E-state index >= 15 is 0 Å². The minimum atomic E-state index is -3.30. The maximum absolute atomic E-state index is 11.3. The number of carbonyl (C=O) groups excluding carboxylic acids is 1. The van der Waals surface area contributed by atoms with Crippen molar-refractivity contribution >= 4 is 22.0 Å². The maximum Gasteiger partial charge on any atom is 0.208 e. The van der Waals surface area contributed by atoms with Crippen LogP contribution in [0.3, 0.4) is 0 Å². The predicted octanol–water partition coefficient (Wildman–Crippen LogP) is 1.41. The SMILES string of the molecule is CCCCN(c1ccccc1)C(C=O)CNS(C)(=O)=O. The number of rotatable bonds is 9. The molecular weight excluding hydrogens is 276 g/mol. The van der Waals surface area contributed by atoms with Crippen LogP contribution in [0.1, 0.15) is 19.8 Å². The highest BCUT2D eigenvalue weighted by Gasteiger charge is 2.19. The number of aldehydes is 1. The molecule has 0 saturated carbocycles. The number of hydrogen-bond donors (Lipinski definition) is 1. The van der Waals surface area contributed by atoms with E-state index in [9.17, 15) is 13.2 Å². The van der Waals surface area contributed by atoms with Gasteiger partial charge in [-0.05, 0) is 18.6 Å². The van der Waals surface area contributed by atoms with Crippen molar-refractivity contribution in [2.75, 3.05) is 24.2 Å². The molecule has 6 heteroatoms. The zero-order valence-electron chi connectivity index (χ0n) is 12.0. The first-order valence-electron chi connectivity index (χ1n) is 6.69. The number of nitrogens with zero attached hydrogens (tertiary/aromatic N) is 1. The minimum absolute atomic E-state index is 0.0843. The van der Waals surface area contributed by atoms with Crippen molar-refractivity contribution in [1.82, 2.24) is 4.72 Å². The van der Waals surface area contributed by atoms with Crippen LogP contribution < -0.4 is 9.62 Å². The number of nitrogens with one attached hydrogen (secondary N) is 1. The van der Waals surface area contributed by atoms with E-state index in [1.54, 1.807) is 0 Å². The lowest BCUT2D eigenvalue weighted by Crippen LogP contribution is -2.45. The normalized spacial score (nSPS) is 12.9. The molecule has 1 rings (SSSR count). The highest BCUT2D eigenvalue weighted by atomic mass is 32.2. The number of carbonyl (C=O) groups is 1. The summed E-state index contributed by atoms with van der Waals surface area (Å²) in [7, 11) is -3.30. The van der Waals surface area contributed by atoms with E-state index < -0.39 is 16.1 Å². The molecule has 0 heterocycles. The van der Waals surface area contributed by atoms with E-state index in [2.05, 4.69) is 11.6 Å². The molecule has 1 aromatic carbocycles. The number of sulfonamides is 1. The summed E-state index contributed by atoms with van der Waals surface area (Å²) in [5.41, 5.74) is 0.924. The van der Waals surface area contributed by atoms with Crippen molar-refractivity contribution < 1.29 is 13.2 Å². The third kappa shape index (κ3) is 5.71. The van der Waals surface area contributed by atoms with Gasteiger partial charge in [0.15, 0.2) is 0 Å². The quantitative estimate of drug-likeness (QED) is 0.700. The molecule has 0 amide bonds. The Balaban J connectivity index is 2.86. The Kier molecular flexibility index (Phi) is 6.67. The van der Waals surface area contributed by atoms with Gasteiger partial charge in [-0.3, -0.25) is 0 Å². The third-order valence-electron chi connectivity index (χ3n) is 2.95. The zero-order valence-corrected chi connectivity index (χ0v) is 12.8. The minimum Gasteiger partial charge on any atom is -0.360 e. The van der Waals surface area contributed by atoms with Gasteiger partial charge in [-0.25, -0.2) is 13.1 Å². The van der Waals surface area contributed by atoms with Gasteiger partial charge in [0.1, 0.15) is 6.29 Å². The summed E-state index contributed by atoms with van der Waals surface area (Å²) >= 11 is 0. The largest absolute Gasteiger partial charge is 0.360 e. The van der Waals surface area contributed by atoms with Gasteiger partial charge in [0.05, 0.1) is 12.3 Å². The highest BCUT2D eigenvalue weighted by molar-refractivity contribution is 7.88. The van der Waals surface area contributed by atoms with E-state index in [4.69, 9.17) is 0 Å². The van der Waals surface area contributed by atoms with Gasteiger partial charge in [0.2, 0.25) is 10.0 Å². The van der Waals surface area contributed by atoms with Crippen molar-refractivity contribution in [1.29, 1.82) is 0 Å². The second-order valence-electron chi connectivity index (χ2n) is 4.71. The van der Waals surface area contributed by atoms with E-state index in [1.165, 1.54) is 0 Å². The van der Waals surface area contributed by atoms with Gasteiger partial charge in [-0.15, -0.1) is 0 Å². The molecule has 0 aliphatic carbocycles. The van der Waals surface area contributed by atoms with Crippen molar-refractivity contribution in [3.8, 4) is 0 Å². The van der Waals surface area contributed by atoms with Crippen LogP contribution in [0.4, 0.5) is 5.69 Å². The predicted molar refractivity (Wildman–Crippen MR) is 81.4 cm³/mol. The van der Waals surface area contributed by atoms with Crippen LogP contribution in [0.25, 0.3) is 0 Å². The molecule has 0 spiro atoms. The van der Waals surface area contributed by atoms with E-state index in [-0.39, 0.29) is 6.54 Å². The Morgan fingerprint density at radius 2 is 1.95 bits per heavy atom. The van der Waals surface area contributed by atoms with Crippen molar-refractivity contribution in [2.24, 2.45) is 0 Å². The van der Waals surface area contributed by atoms with Gasteiger partial charge < -0.3 is 9.69 Å². The first kappa shape index (κ1) is 16.7. The van der Waals surface area contributed by atoms with Gasteiger partial charge in [0.25, 0.3) is 0 Å². The van der Waals surface area contributed by atoms with E-state index in [1.807, 2.05) is 35.2 Å². The van der Waals surface area contributed by atoms with Crippen molar-refractivity contribution in [2.45, 2.75) is 25.8 Å². The number of anilines is 1. The lowest BCUT2D eigenvalue weighted by molar-refractivity contribution is -0.108. The van der Waals surface area contributed by atoms with Gasteiger partial charge in [-0.1, -0.05) is 31.5 Å². The van der Waals surface area contributed by atoms with Gasteiger partial charge >= 0.3 is 0 Å². The van der Waals surface area contributed by atoms with Crippen molar-refractivity contribution in [3.63, 3.8) is 0 Å². The van der Waals surface area contributed by atoms with E-state index in [0.29, 0.717) is 0 Å². The number of benzene rings is 1. The smallest absolute Gasteiger partial charge is 0.208 e. The summed E-state index contributed by atoms with van der Waals surface area (Å²) in [6.45, 7) is 2.88. The van der Waals surface area contributed by atoms with Crippen LogP contribution in [-0.2, 0) is 14.8 Å². The number of unbranched alkanes of at least 4 members (excludes halogenated alkanes) is 1. The molecule has 0 saturated heterocycles. The molecule has 1 unspecified atom stereocenters. The molecule has 20 heavy (non-hydrogen) atoms. The molecule has 0 aliphatic heterocycles. The Labute approximate surface area is 121 Å². The molecule has 1 aromatic rings. The Hall–Kier alpha value is -1.40. The van der Waals surface area contributed by atoms with Crippen LogP contribution in [0.2, 0.25) is 0 Å². The number of hydrogen-bond acceptors (Lipinski definition) is 4. The topological polar surface area (TPSA) is 66.5 Å².